The molecule has 2 amide bonds. The van der Waals surface area contributed by atoms with Crippen LogP contribution in [0.4, 0.5) is 9.59 Å². The molecule has 0 aliphatic carbocycles. The molecule has 8 nitrogen and oxygen atoms in total. The number of likely N-dealkylation sites (tertiary alicyclic amines) is 1. The molecule has 2 fully saturated rings. The smallest absolute Gasteiger partial charge is 0.410 e. The molecule has 2 aliphatic rings. The van der Waals surface area contributed by atoms with Gasteiger partial charge in [-0.1, -0.05) is 30.3 Å². The van der Waals surface area contributed by atoms with Gasteiger partial charge in [0, 0.05) is 32.7 Å². The molecule has 2 saturated heterocycles. The van der Waals surface area contributed by atoms with E-state index in [1.165, 1.54) is 0 Å². The first kappa shape index (κ1) is 21.4. The number of β-amino-alcohol motifs (C(OH)–C–C–N with tert-alkyl or cyclic N) is 1. The summed E-state index contributed by atoms with van der Waals surface area (Å²) in [6.07, 6.45) is -1.35. The number of carbonyl (C=O) groups is 2. The predicted molar refractivity (Wildman–Crippen MR) is 107 cm³/mol. The van der Waals surface area contributed by atoms with Gasteiger partial charge >= 0.3 is 12.2 Å². The van der Waals surface area contributed by atoms with E-state index in [-0.39, 0.29) is 25.3 Å². The number of aliphatic hydroxyl groups is 1. The summed E-state index contributed by atoms with van der Waals surface area (Å²) in [6, 6.07) is 9.44. The van der Waals surface area contributed by atoms with Crippen molar-refractivity contribution in [3.63, 3.8) is 0 Å². The maximum absolute atomic E-state index is 12.3. The monoisotopic (exact) mass is 405 g/mol. The molecule has 2 heterocycles. The third-order valence-electron chi connectivity index (χ3n) is 5.16. The lowest BCUT2D eigenvalue weighted by Crippen LogP contribution is -2.55. The molecule has 0 unspecified atom stereocenters. The van der Waals surface area contributed by atoms with Crippen LogP contribution in [0.1, 0.15) is 26.3 Å². The van der Waals surface area contributed by atoms with E-state index in [1.54, 1.807) is 9.80 Å². The Morgan fingerprint density at radius 2 is 1.66 bits per heavy atom. The zero-order valence-electron chi connectivity index (χ0n) is 17.4. The molecule has 0 spiro atoms. The molecule has 160 valence electrons. The van der Waals surface area contributed by atoms with Gasteiger partial charge in [0.2, 0.25) is 0 Å². The van der Waals surface area contributed by atoms with Crippen molar-refractivity contribution in [2.75, 3.05) is 39.3 Å². The Labute approximate surface area is 172 Å². The van der Waals surface area contributed by atoms with Gasteiger partial charge in [0.05, 0.1) is 18.7 Å². The molecular formula is C21H31N3O5. The zero-order valence-corrected chi connectivity index (χ0v) is 17.4. The van der Waals surface area contributed by atoms with E-state index in [0.717, 1.165) is 5.56 Å². The van der Waals surface area contributed by atoms with Crippen molar-refractivity contribution >= 4 is 12.2 Å². The molecule has 0 aromatic heterocycles. The third kappa shape index (κ3) is 5.83. The number of ether oxygens (including phenoxy) is 2. The summed E-state index contributed by atoms with van der Waals surface area (Å²) in [4.78, 5) is 30.0. The van der Waals surface area contributed by atoms with Crippen molar-refractivity contribution in [3.05, 3.63) is 35.9 Å². The van der Waals surface area contributed by atoms with Crippen molar-refractivity contribution in [1.29, 1.82) is 0 Å². The summed E-state index contributed by atoms with van der Waals surface area (Å²) in [5.41, 5.74) is 0.391. The van der Waals surface area contributed by atoms with Gasteiger partial charge in [-0.15, -0.1) is 0 Å². The van der Waals surface area contributed by atoms with Crippen LogP contribution in [0, 0.1) is 0 Å². The highest BCUT2D eigenvalue weighted by atomic mass is 16.6. The number of rotatable bonds is 3. The number of amides is 2. The van der Waals surface area contributed by atoms with E-state index in [0.29, 0.717) is 32.7 Å². The topological polar surface area (TPSA) is 82.6 Å². The van der Waals surface area contributed by atoms with Crippen LogP contribution in [0.5, 0.6) is 0 Å². The van der Waals surface area contributed by atoms with E-state index in [1.807, 2.05) is 51.1 Å². The SMILES string of the molecule is CC(C)(C)OC(=O)N1C[C@@H](N2CCN(C(=O)OCc3ccccc3)CC2)[C@@H](O)C1. The van der Waals surface area contributed by atoms with Crippen molar-refractivity contribution < 1.29 is 24.2 Å². The van der Waals surface area contributed by atoms with Gasteiger partial charge in [-0.25, -0.2) is 9.59 Å². The number of benzene rings is 1. The number of aliphatic hydroxyl groups excluding tert-OH is 1. The van der Waals surface area contributed by atoms with Gasteiger partial charge in [0.1, 0.15) is 12.2 Å². The number of hydrogen-bond donors (Lipinski definition) is 1. The molecule has 1 N–H and O–H groups in total. The minimum Gasteiger partial charge on any atom is -0.445 e. The van der Waals surface area contributed by atoms with E-state index in [9.17, 15) is 14.7 Å². The van der Waals surface area contributed by atoms with Crippen molar-refractivity contribution in [2.24, 2.45) is 0 Å². The summed E-state index contributed by atoms with van der Waals surface area (Å²) in [5, 5.41) is 10.4. The molecule has 0 radical (unpaired) electrons. The standard InChI is InChI=1S/C21H31N3O5/c1-21(2,3)29-20(27)24-13-17(18(25)14-24)22-9-11-23(12-10-22)19(26)28-15-16-7-5-4-6-8-16/h4-8,17-18,25H,9-15H2,1-3H3/t17-,18+/m1/s1. The Morgan fingerprint density at radius 1 is 1.00 bits per heavy atom. The molecule has 3 rings (SSSR count). The van der Waals surface area contributed by atoms with Gasteiger partial charge in [-0.05, 0) is 26.3 Å². The maximum atomic E-state index is 12.3. The van der Waals surface area contributed by atoms with Crippen LogP contribution in [0.3, 0.4) is 0 Å². The van der Waals surface area contributed by atoms with Crippen LogP contribution >= 0.6 is 0 Å². The number of hydrogen-bond acceptors (Lipinski definition) is 6. The molecule has 8 heteroatoms. The second-order valence-corrected chi connectivity index (χ2v) is 8.58. The molecule has 0 saturated carbocycles. The second kappa shape index (κ2) is 9.00. The minimum absolute atomic E-state index is 0.148. The fourth-order valence-electron chi connectivity index (χ4n) is 3.65. The molecule has 29 heavy (non-hydrogen) atoms. The van der Waals surface area contributed by atoms with Crippen LogP contribution in [-0.2, 0) is 16.1 Å². The van der Waals surface area contributed by atoms with E-state index < -0.39 is 17.8 Å². The van der Waals surface area contributed by atoms with Crippen LogP contribution in [0.2, 0.25) is 0 Å². The van der Waals surface area contributed by atoms with Gasteiger partial charge in [0.25, 0.3) is 0 Å². The molecule has 2 aliphatic heterocycles. The van der Waals surface area contributed by atoms with Gasteiger partial charge in [0.15, 0.2) is 0 Å². The van der Waals surface area contributed by atoms with Gasteiger partial charge < -0.3 is 24.4 Å². The number of piperazine rings is 1. The van der Waals surface area contributed by atoms with E-state index in [4.69, 9.17) is 9.47 Å². The van der Waals surface area contributed by atoms with E-state index in [2.05, 4.69) is 4.90 Å². The van der Waals surface area contributed by atoms with Crippen LogP contribution in [0.25, 0.3) is 0 Å². The fraction of sp³-hybridized carbons (Fsp3) is 0.619. The fourth-order valence-corrected chi connectivity index (χ4v) is 3.65. The second-order valence-electron chi connectivity index (χ2n) is 8.58. The molecule has 2 atom stereocenters. The highest BCUT2D eigenvalue weighted by Gasteiger charge is 2.40. The molecule has 1 aromatic carbocycles. The normalized spacial score (nSPS) is 23.2. The molecule has 1 aromatic rings. The largest absolute Gasteiger partial charge is 0.445 e. The predicted octanol–water partition coefficient (Wildman–Crippen LogP) is 1.92. The zero-order chi connectivity index (χ0) is 21.0. The lowest BCUT2D eigenvalue weighted by atomic mass is 10.1. The van der Waals surface area contributed by atoms with Crippen molar-refractivity contribution in [3.8, 4) is 0 Å². The Morgan fingerprint density at radius 3 is 2.28 bits per heavy atom. The Balaban J connectivity index is 1.45. The summed E-state index contributed by atoms with van der Waals surface area (Å²) < 4.78 is 10.8. The van der Waals surface area contributed by atoms with Gasteiger partial charge in [-0.2, -0.15) is 0 Å². The van der Waals surface area contributed by atoms with Crippen LogP contribution < -0.4 is 0 Å². The molecule has 0 bridgehead atoms. The Bertz CT molecular complexity index is 698. The number of carbonyl (C=O) groups excluding carboxylic acids is 2. The first-order chi connectivity index (χ1) is 13.7. The summed E-state index contributed by atoms with van der Waals surface area (Å²) >= 11 is 0. The quantitative estimate of drug-likeness (QED) is 0.827. The van der Waals surface area contributed by atoms with E-state index >= 15 is 0 Å². The summed E-state index contributed by atoms with van der Waals surface area (Å²) in [7, 11) is 0. The lowest BCUT2D eigenvalue weighted by molar-refractivity contribution is 0.0267. The molecular weight excluding hydrogens is 374 g/mol. The van der Waals surface area contributed by atoms with Crippen molar-refractivity contribution in [2.45, 2.75) is 45.1 Å². The minimum atomic E-state index is -0.626. The first-order valence-electron chi connectivity index (χ1n) is 10.1. The lowest BCUT2D eigenvalue weighted by Gasteiger charge is -2.38. The van der Waals surface area contributed by atoms with Crippen LogP contribution in [-0.4, -0.2) is 89.0 Å². The van der Waals surface area contributed by atoms with Crippen LogP contribution in [0.15, 0.2) is 30.3 Å². The summed E-state index contributed by atoms with van der Waals surface area (Å²) in [5.74, 6) is 0. The Kier molecular flexibility index (Phi) is 6.64. The number of nitrogens with zero attached hydrogens (tertiary/aromatic N) is 3. The summed E-state index contributed by atoms with van der Waals surface area (Å²) in [6.45, 7) is 8.74. The average Bonchev–Trinajstić information content (AvgIpc) is 3.08. The highest BCUT2D eigenvalue weighted by Crippen LogP contribution is 2.21. The average molecular weight is 405 g/mol. The maximum Gasteiger partial charge on any atom is 0.410 e. The van der Waals surface area contributed by atoms with Gasteiger partial charge in [-0.3, -0.25) is 4.90 Å². The van der Waals surface area contributed by atoms with Crippen molar-refractivity contribution in [1.82, 2.24) is 14.7 Å². The highest BCUT2D eigenvalue weighted by molar-refractivity contribution is 5.69. The first-order valence-corrected chi connectivity index (χ1v) is 10.1. The third-order valence-corrected chi connectivity index (χ3v) is 5.16. The Hall–Kier alpha value is -2.32.